The fraction of sp³-hybridized carbons (Fsp3) is 0.250. The van der Waals surface area contributed by atoms with Gasteiger partial charge in [0, 0.05) is 12.6 Å². The monoisotopic (exact) mass is 252 g/mol. The fourth-order valence-electron chi connectivity index (χ4n) is 2.68. The van der Waals surface area contributed by atoms with Gasteiger partial charge >= 0.3 is 0 Å². The largest absolute Gasteiger partial charge is 0.274 e. The number of pyridine rings is 1. The van der Waals surface area contributed by atoms with Crippen LogP contribution in [0.15, 0.2) is 48.7 Å². The standard InChI is InChI=1S/C16H16N2O/c1-2-12-11-16(19)18(15-9-5-6-10-17-15)14-8-4-3-7-13(12)14/h3-10,12H,2,11H2,1H3. The van der Waals surface area contributed by atoms with Crippen molar-refractivity contribution in [3.8, 4) is 0 Å². The van der Waals surface area contributed by atoms with Gasteiger partial charge in [-0.15, -0.1) is 0 Å². The first-order valence-electron chi connectivity index (χ1n) is 6.64. The number of anilines is 2. The summed E-state index contributed by atoms with van der Waals surface area (Å²) < 4.78 is 0. The number of nitrogens with zero attached hydrogens (tertiary/aromatic N) is 2. The molecule has 0 spiro atoms. The van der Waals surface area contributed by atoms with E-state index in [2.05, 4.69) is 18.0 Å². The molecule has 2 heterocycles. The van der Waals surface area contributed by atoms with Crippen LogP contribution < -0.4 is 4.90 Å². The molecule has 0 N–H and O–H groups in total. The number of hydrogen-bond acceptors (Lipinski definition) is 2. The van der Waals surface area contributed by atoms with E-state index in [1.54, 1.807) is 11.1 Å². The van der Waals surface area contributed by atoms with Gasteiger partial charge in [-0.05, 0) is 36.1 Å². The Hall–Kier alpha value is -2.16. The molecule has 96 valence electrons. The molecule has 1 atom stereocenters. The van der Waals surface area contributed by atoms with Gasteiger partial charge in [-0.3, -0.25) is 9.69 Å². The van der Waals surface area contributed by atoms with Crippen LogP contribution in [0.2, 0.25) is 0 Å². The number of amides is 1. The van der Waals surface area contributed by atoms with Crippen molar-refractivity contribution < 1.29 is 4.79 Å². The molecule has 1 amide bonds. The predicted molar refractivity (Wildman–Crippen MR) is 75.5 cm³/mol. The summed E-state index contributed by atoms with van der Waals surface area (Å²) in [5, 5.41) is 0. The maximum atomic E-state index is 12.4. The normalized spacial score (nSPS) is 18.3. The Kier molecular flexibility index (Phi) is 3.03. The molecular weight excluding hydrogens is 236 g/mol. The highest BCUT2D eigenvalue weighted by molar-refractivity contribution is 6.02. The second-order valence-electron chi connectivity index (χ2n) is 4.79. The zero-order chi connectivity index (χ0) is 13.2. The molecule has 1 aliphatic rings. The third-order valence-corrected chi connectivity index (χ3v) is 3.66. The Morgan fingerprint density at radius 3 is 2.74 bits per heavy atom. The second-order valence-corrected chi connectivity index (χ2v) is 4.79. The number of para-hydroxylation sites is 1. The molecule has 0 saturated heterocycles. The Balaban J connectivity index is 2.13. The number of fused-ring (bicyclic) bond motifs is 1. The molecule has 0 aliphatic carbocycles. The van der Waals surface area contributed by atoms with Crippen LogP contribution >= 0.6 is 0 Å². The van der Waals surface area contributed by atoms with Gasteiger partial charge in [0.25, 0.3) is 0 Å². The number of carbonyl (C=O) groups excluding carboxylic acids is 1. The lowest BCUT2D eigenvalue weighted by Gasteiger charge is -2.32. The van der Waals surface area contributed by atoms with Gasteiger partial charge < -0.3 is 0 Å². The molecule has 0 bridgehead atoms. The van der Waals surface area contributed by atoms with Gasteiger partial charge in [0.15, 0.2) is 0 Å². The number of carbonyl (C=O) groups is 1. The van der Waals surface area contributed by atoms with Crippen molar-refractivity contribution >= 4 is 17.4 Å². The van der Waals surface area contributed by atoms with Crippen LogP contribution in [0, 0.1) is 0 Å². The third kappa shape index (κ3) is 2.01. The van der Waals surface area contributed by atoms with Crippen molar-refractivity contribution in [2.24, 2.45) is 0 Å². The maximum Gasteiger partial charge on any atom is 0.233 e. The van der Waals surface area contributed by atoms with Gasteiger partial charge in [0.2, 0.25) is 5.91 Å². The molecule has 2 aromatic rings. The second kappa shape index (κ2) is 4.84. The molecule has 1 aromatic heterocycles. The van der Waals surface area contributed by atoms with E-state index in [-0.39, 0.29) is 5.91 Å². The van der Waals surface area contributed by atoms with Crippen LogP contribution in [-0.4, -0.2) is 10.9 Å². The molecule has 3 nitrogen and oxygen atoms in total. The van der Waals surface area contributed by atoms with Gasteiger partial charge in [-0.1, -0.05) is 31.2 Å². The van der Waals surface area contributed by atoms with Crippen molar-refractivity contribution in [1.29, 1.82) is 0 Å². The molecule has 1 aliphatic heterocycles. The third-order valence-electron chi connectivity index (χ3n) is 3.66. The predicted octanol–water partition coefficient (Wildman–Crippen LogP) is 3.64. The van der Waals surface area contributed by atoms with Crippen LogP contribution in [0.4, 0.5) is 11.5 Å². The summed E-state index contributed by atoms with van der Waals surface area (Å²) in [4.78, 5) is 18.5. The van der Waals surface area contributed by atoms with Crippen LogP contribution in [-0.2, 0) is 4.79 Å². The number of aromatic nitrogens is 1. The topological polar surface area (TPSA) is 33.2 Å². The Bertz CT molecular complexity index is 595. The molecule has 3 heteroatoms. The first-order chi connectivity index (χ1) is 9.31. The highest BCUT2D eigenvalue weighted by Gasteiger charge is 2.31. The average Bonchev–Trinajstić information content (AvgIpc) is 2.47. The molecule has 1 unspecified atom stereocenters. The minimum Gasteiger partial charge on any atom is -0.274 e. The molecule has 0 saturated carbocycles. The lowest BCUT2D eigenvalue weighted by atomic mass is 9.87. The number of hydrogen-bond donors (Lipinski definition) is 0. The summed E-state index contributed by atoms with van der Waals surface area (Å²) in [5.41, 5.74) is 2.22. The van der Waals surface area contributed by atoms with E-state index in [1.165, 1.54) is 5.56 Å². The van der Waals surface area contributed by atoms with E-state index in [0.29, 0.717) is 18.2 Å². The molecule has 19 heavy (non-hydrogen) atoms. The summed E-state index contributed by atoms with van der Waals surface area (Å²) in [7, 11) is 0. The molecule has 3 rings (SSSR count). The summed E-state index contributed by atoms with van der Waals surface area (Å²) in [5.74, 6) is 1.16. The van der Waals surface area contributed by atoms with Crippen LogP contribution in [0.5, 0.6) is 0 Å². The van der Waals surface area contributed by atoms with E-state index in [0.717, 1.165) is 12.1 Å². The van der Waals surface area contributed by atoms with E-state index in [9.17, 15) is 4.79 Å². The van der Waals surface area contributed by atoms with Crippen LogP contribution in [0.3, 0.4) is 0 Å². The summed E-state index contributed by atoms with van der Waals surface area (Å²) in [6.45, 7) is 2.13. The Morgan fingerprint density at radius 2 is 2.00 bits per heavy atom. The average molecular weight is 252 g/mol. The molecule has 1 aromatic carbocycles. The first-order valence-corrected chi connectivity index (χ1v) is 6.64. The first kappa shape index (κ1) is 11.9. The molecular formula is C16H16N2O. The quantitative estimate of drug-likeness (QED) is 0.817. The van der Waals surface area contributed by atoms with Crippen molar-refractivity contribution in [1.82, 2.24) is 4.98 Å². The number of rotatable bonds is 2. The molecule has 0 fully saturated rings. The van der Waals surface area contributed by atoms with Crippen molar-refractivity contribution in [3.63, 3.8) is 0 Å². The summed E-state index contributed by atoms with van der Waals surface area (Å²) in [6, 6.07) is 13.8. The van der Waals surface area contributed by atoms with Gasteiger partial charge in [0.1, 0.15) is 5.82 Å². The minimum atomic E-state index is 0.129. The smallest absolute Gasteiger partial charge is 0.233 e. The summed E-state index contributed by atoms with van der Waals surface area (Å²) in [6.07, 6.45) is 3.26. The summed E-state index contributed by atoms with van der Waals surface area (Å²) >= 11 is 0. The van der Waals surface area contributed by atoms with Crippen molar-refractivity contribution in [2.45, 2.75) is 25.7 Å². The van der Waals surface area contributed by atoms with Crippen molar-refractivity contribution in [2.75, 3.05) is 4.90 Å². The lowest BCUT2D eigenvalue weighted by molar-refractivity contribution is -0.118. The Morgan fingerprint density at radius 1 is 1.21 bits per heavy atom. The van der Waals surface area contributed by atoms with Gasteiger partial charge in [-0.2, -0.15) is 0 Å². The van der Waals surface area contributed by atoms with Crippen LogP contribution in [0.25, 0.3) is 0 Å². The van der Waals surface area contributed by atoms with E-state index >= 15 is 0 Å². The number of benzene rings is 1. The maximum absolute atomic E-state index is 12.4. The van der Waals surface area contributed by atoms with E-state index < -0.39 is 0 Å². The minimum absolute atomic E-state index is 0.129. The highest BCUT2D eigenvalue weighted by atomic mass is 16.2. The van der Waals surface area contributed by atoms with Crippen LogP contribution in [0.1, 0.15) is 31.2 Å². The highest BCUT2D eigenvalue weighted by Crippen LogP contribution is 2.40. The van der Waals surface area contributed by atoms with Gasteiger partial charge in [-0.25, -0.2) is 4.98 Å². The van der Waals surface area contributed by atoms with E-state index in [4.69, 9.17) is 0 Å². The van der Waals surface area contributed by atoms with E-state index in [1.807, 2.05) is 36.4 Å². The fourth-order valence-corrected chi connectivity index (χ4v) is 2.68. The lowest BCUT2D eigenvalue weighted by Crippen LogP contribution is -2.33. The SMILES string of the molecule is CCC1CC(=O)N(c2ccccn2)c2ccccc21. The zero-order valence-electron chi connectivity index (χ0n) is 10.9. The zero-order valence-corrected chi connectivity index (χ0v) is 10.9. The molecule has 0 radical (unpaired) electrons. The van der Waals surface area contributed by atoms with Gasteiger partial charge in [0.05, 0.1) is 5.69 Å². The van der Waals surface area contributed by atoms with Crippen molar-refractivity contribution in [3.05, 3.63) is 54.2 Å². The Labute approximate surface area is 112 Å².